The maximum Gasteiger partial charge on any atom is 0.0639 e. The predicted octanol–water partition coefficient (Wildman–Crippen LogP) is 12.7. The molecule has 0 heterocycles. The number of hydrogen-bond acceptors (Lipinski definition) is 2. The minimum atomic E-state index is 0. The molecule has 0 aliphatic rings. The van der Waals surface area contributed by atoms with Crippen LogP contribution in [0.25, 0.3) is 0 Å². The fourth-order valence-electron chi connectivity index (χ4n) is 5.58. The zero-order valence-corrected chi connectivity index (χ0v) is 29.1. The van der Waals surface area contributed by atoms with Gasteiger partial charge in [0.1, 0.15) is 0 Å². The van der Waals surface area contributed by atoms with Gasteiger partial charge in [0.05, 0.1) is 22.8 Å². The molecular formula is C39H62N2Ni. The molecule has 0 amide bonds. The molecule has 0 N–H and O–H groups in total. The number of nitrogens with zero attached hydrogens (tertiary/aromatic N) is 2. The van der Waals surface area contributed by atoms with E-state index < -0.39 is 0 Å². The van der Waals surface area contributed by atoms with Gasteiger partial charge in [0.15, 0.2) is 0 Å². The average molecular weight is 618 g/mol. The molecule has 2 aromatic rings. The van der Waals surface area contributed by atoms with Crippen LogP contribution in [0.1, 0.15) is 160 Å². The van der Waals surface area contributed by atoms with Gasteiger partial charge < -0.3 is 0 Å². The van der Waals surface area contributed by atoms with E-state index in [2.05, 4.69) is 77.9 Å². The molecule has 0 aromatic heterocycles. The molecule has 0 saturated carbocycles. The Kier molecular flexibility index (Phi) is 21.6. The first kappa shape index (κ1) is 38.3. The number of aryl methyl sites for hydroxylation is 4. The number of benzene rings is 2. The summed E-state index contributed by atoms with van der Waals surface area (Å²) in [6, 6.07) is 14.2. The van der Waals surface area contributed by atoms with Gasteiger partial charge in [-0.1, -0.05) is 105 Å². The van der Waals surface area contributed by atoms with Crippen molar-refractivity contribution in [2.24, 2.45) is 9.98 Å². The van der Waals surface area contributed by atoms with Gasteiger partial charge in [-0.05, 0) is 118 Å². The molecule has 2 rings (SSSR count). The smallest absolute Gasteiger partial charge is 0.0639 e. The van der Waals surface area contributed by atoms with Crippen molar-refractivity contribution in [1.82, 2.24) is 0 Å². The van der Waals surface area contributed by atoms with Gasteiger partial charge in [-0.3, -0.25) is 9.98 Å². The van der Waals surface area contributed by atoms with E-state index in [0.717, 1.165) is 61.3 Å². The summed E-state index contributed by atoms with van der Waals surface area (Å²) in [5.41, 5.74) is 10.3. The topological polar surface area (TPSA) is 24.7 Å². The summed E-state index contributed by atoms with van der Waals surface area (Å²) in [5.74, 6) is 0. The summed E-state index contributed by atoms with van der Waals surface area (Å²) in [4.78, 5) is 10.6. The van der Waals surface area contributed by atoms with E-state index in [0.29, 0.717) is 0 Å². The molecule has 0 spiro atoms. The first-order valence-corrected chi connectivity index (χ1v) is 17.4. The summed E-state index contributed by atoms with van der Waals surface area (Å²) >= 11 is 0. The molecule has 0 fully saturated rings. The van der Waals surface area contributed by atoms with Crippen molar-refractivity contribution in [2.45, 2.75) is 164 Å². The third kappa shape index (κ3) is 15.7. The second-order valence-electron chi connectivity index (χ2n) is 12.2. The van der Waals surface area contributed by atoms with E-state index >= 15 is 0 Å². The first-order chi connectivity index (χ1) is 20.0. The summed E-state index contributed by atoms with van der Waals surface area (Å²) in [6.07, 6.45) is 23.2. The molecule has 2 nitrogen and oxygen atoms in total. The van der Waals surface area contributed by atoms with Gasteiger partial charge in [0, 0.05) is 16.5 Å². The monoisotopic (exact) mass is 616 g/mol. The van der Waals surface area contributed by atoms with Crippen LogP contribution in [0.2, 0.25) is 0 Å². The van der Waals surface area contributed by atoms with E-state index in [1.807, 2.05) is 0 Å². The van der Waals surface area contributed by atoms with Gasteiger partial charge in [0.2, 0.25) is 0 Å². The standard InChI is InChI=1S/C39H62N2.Ni/c1-7-12-17-21-33-26-34(22-18-13-8-2)29-37(28-33)40-32(6)39(25-16-11-5)41-38-30-35(23-19-14-9-3)27-36(31-38)24-20-15-10-4;/h26-31H,7-25H2,1-6H3;. The summed E-state index contributed by atoms with van der Waals surface area (Å²) in [7, 11) is 0. The number of rotatable bonds is 22. The molecule has 3 heteroatoms. The molecule has 0 radical (unpaired) electrons. The first-order valence-electron chi connectivity index (χ1n) is 17.4. The van der Waals surface area contributed by atoms with Crippen molar-refractivity contribution in [1.29, 1.82) is 0 Å². The van der Waals surface area contributed by atoms with E-state index in [4.69, 9.17) is 9.98 Å². The Balaban J connectivity index is 0.00000882. The minimum absolute atomic E-state index is 0. The van der Waals surface area contributed by atoms with E-state index in [1.165, 1.54) is 106 Å². The Labute approximate surface area is 270 Å². The molecule has 2 aromatic carbocycles. The van der Waals surface area contributed by atoms with Crippen LogP contribution in [-0.2, 0) is 42.2 Å². The van der Waals surface area contributed by atoms with Gasteiger partial charge in [-0.25, -0.2) is 0 Å². The van der Waals surface area contributed by atoms with Crippen LogP contribution in [-0.4, -0.2) is 11.4 Å². The third-order valence-corrected chi connectivity index (χ3v) is 8.10. The fraction of sp³-hybridized carbons (Fsp3) is 0.641. The van der Waals surface area contributed by atoms with Gasteiger partial charge >= 0.3 is 0 Å². The van der Waals surface area contributed by atoms with Crippen molar-refractivity contribution in [3.63, 3.8) is 0 Å². The van der Waals surface area contributed by atoms with Crippen molar-refractivity contribution in [3.05, 3.63) is 58.7 Å². The molecule has 238 valence electrons. The van der Waals surface area contributed by atoms with Crippen molar-refractivity contribution >= 4 is 22.8 Å². The average Bonchev–Trinajstić information content (AvgIpc) is 2.96. The Morgan fingerprint density at radius 1 is 0.452 bits per heavy atom. The Morgan fingerprint density at radius 3 is 1.12 bits per heavy atom. The molecule has 0 bridgehead atoms. The van der Waals surface area contributed by atoms with Crippen LogP contribution >= 0.6 is 0 Å². The fourth-order valence-corrected chi connectivity index (χ4v) is 5.58. The zero-order chi connectivity index (χ0) is 29.7. The minimum Gasteiger partial charge on any atom is -0.252 e. The normalized spacial score (nSPS) is 12.0. The largest absolute Gasteiger partial charge is 0.252 e. The summed E-state index contributed by atoms with van der Waals surface area (Å²) in [5, 5.41) is 0. The molecule has 0 atom stereocenters. The maximum atomic E-state index is 5.32. The summed E-state index contributed by atoms with van der Waals surface area (Å²) in [6.45, 7) is 13.6. The van der Waals surface area contributed by atoms with Crippen LogP contribution in [0.3, 0.4) is 0 Å². The third-order valence-electron chi connectivity index (χ3n) is 8.10. The molecule has 0 saturated heterocycles. The van der Waals surface area contributed by atoms with E-state index in [-0.39, 0.29) is 16.5 Å². The van der Waals surface area contributed by atoms with Gasteiger partial charge in [-0.2, -0.15) is 0 Å². The van der Waals surface area contributed by atoms with Crippen LogP contribution in [0.5, 0.6) is 0 Å². The Bertz CT molecular complexity index is 996. The molecule has 0 unspecified atom stereocenters. The second kappa shape index (κ2) is 23.7. The van der Waals surface area contributed by atoms with Crippen molar-refractivity contribution in [3.8, 4) is 0 Å². The van der Waals surface area contributed by atoms with Gasteiger partial charge in [-0.15, -0.1) is 0 Å². The van der Waals surface area contributed by atoms with Crippen molar-refractivity contribution in [2.75, 3.05) is 0 Å². The second-order valence-corrected chi connectivity index (χ2v) is 12.2. The van der Waals surface area contributed by atoms with Crippen LogP contribution in [0, 0.1) is 0 Å². The zero-order valence-electron chi connectivity index (χ0n) is 28.1. The number of aliphatic imine (C=N–C) groups is 2. The van der Waals surface area contributed by atoms with Crippen LogP contribution in [0.4, 0.5) is 11.4 Å². The van der Waals surface area contributed by atoms with E-state index in [9.17, 15) is 0 Å². The molecule has 0 aliphatic heterocycles. The SMILES string of the molecule is CCCCCc1cc(CCCCC)cc(N=C(C)C(CCCC)=Nc2cc(CCCCC)cc(CCCCC)c2)c1.[Ni]. The predicted molar refractivity (Wildman–Crippen MR) is 185 cm³/mol. The Morgan fingerprint density at radius 2 is 0.786 bits per heavy atom. The van der Waals surface area contributed by atoms with Crippen LogP contribution in [0.15, 0.2) is 46.4 Å². The molecule has 0 aliphatic carbocycles. The van der Waals surface area contributed by atoms with Crippen LogP contribution < -0.4 is 0 Å². The summed E-state index contributed by atoms with van der Waals surface area (Å²) < 4.78 is 0. The molecule has 42 heavy (non-hydrogen) atoms. The maximum absolute atomic E-state index is 5.32. The number of hydrogen-bond donors (Lipinski definition) is 0. The molecular weight excluding hydrogens is 555 g/mol. The van der Waals surface area contributed by atoms with E-state index in [1.54, 1.807) is 0 Å². The van der Waals surface area contributed by atoms with Crippen molar-refractivity contribution < 1.29 is 16.5 Å². The number of unbranched alkanes of at least 4 members (excludes halogenated alkanes) is 9. The van der Waals surface area contributed by atoms with Gasteiger partial charge in [0.25, 0.3) is 0 Å². The quantitative estimate of drug-likeness (QED) is 0.0713. The Hall–Kier alpha value is -1.73.